The molecule has 5 nitrogen and oxygen atoms in total. The van der Waals surface area contributed by atoms with Gasteiger partial charge in [0.2, 0.25) is 0 Å². The molecule has 0 radical (unpaired) electrons. The highest BCUT2D eigenvalue weighted by Gasteiger charge is 2.31. The van der Waals surface area contributed by atoms with Gasteiger partial charge in [-0.2, -0.15) is 0 Å². The maximum atomic E-state index is 6.18. The normalized spacial score (nSPS) is 22.2. The molecule has 5 heteroatoms. The fourth-order valence-electron chi connectivity index (χ4n) is 3.00. The maximum absolute atomic E-state index is 6.18. The maximum Gasteiger partial charge on any atom is 0.163 e. The Labute approximate surface area is 126 Å². The van der Waals surface area contributed by atoms with E-state index < -0.39 is 0 Å². The van der Waals surface area contributed by atoms with Gasteiger partial charge >= 0.3 is 0 Å². The summed E-state index contributed by atoms with van der Waals surface area (Å²) in [6.07, 6.45) is 0. The van der Waals surface area contributed by atoms with E-state index in [-0.39, 0.29) is 5.54 Å². The quantitative estimate of drug-likeness (QED) is 0.838. The van der Waals surface area contributed by atoms with Gasteiger partial charge in [0, 0.05) is 43.5 Å². The van der Waals surface area contributed by atoms with Gasteiger partial charge in [0.15, 0.2) is 11.5 Å². The predicted octanol–water partition coefficient (Wildman–Crippen LogP) is 1.57. The molecule has 1 aromatic rings. The Hall–Kier alpha value is -1.46. The minimum Gasteiger partial charge on any atom is -0.486 e. The summed E-state index contributed by atoms with van der Waals surface area (Å²) < 4.78 is 11.2. The van der Waals surface area contributed by atoms with Crippen molar-refractivity contribution in [3.05, 3.63) is 17.7 Å². The van der Waals surface area contributed by atoms with Crippen LogP contribution in [0.1, 0.15) is 19.4 Å². The summed E-state index contributed by atoms with van der Waals surface area (Å²) in [6, 6.07) is 3.93. The summed E-state index contributed by atoms with van der Waals surface area (Å²) in [5.74, 6) is 1.58. The Morgan fingerprint density at radius 1 is 1.14 bits per heavy atom. The van der Waals surface area contributed by atoms with E-state index in [9.17, 15) is 0 Å². The number of benzene rings is 1. The fraction of sp³-hybridized carbons (Fsp3) is 0.625. The molecule has 0 atom stereocenters. The summed E-state index contributed by atoms with van der Waals surface area (Å²) in [5, 5.41) is 0. The lowest BCUT2D eigenvalue weighted by Crippen LogP contribution is -2.57. The number of hydrogen-bond donors (Lipinski definition) is 1. The third-order valence-electron chi connectivity index (χ3n) is 4.59. The summed E-state index contributed by atoms with van der Waals surface area (Å²) in [4.78, 5) is 4.87. The van der Waals surface area contributed by atoms with E-state index in [1.807, 2.05) is 12.1 Å². The van der Waals surface area contributed by atoms with Crippen molar-refractivity contribution in [2.24, 2.45) is 0 Å². The van der Waals surface area contributed by atoms with Crippen LogP contribution in [0.4, 0.5) is 5.69 Å². The molecule has 1 aromatic carbocycles. The second-order valence-corrected chi connectivity index (χ2v) is 6.64. The van der Waals surface area contributed by atoms with Gasteiger partial charge in [-0.3, -0.25) is 9.80 Å². The molecule has 1 saturated heterocycles. The van der Waals surface area contributed by atoms with Crippen molar-refractivity contribution < 1.29 is 9.47 Å². The Bertz CT molecular complexity index is 530. The number of rotatable bonds is 2. The highest BCUT2D eigenvalue weighted by Crippen LogP contribution is 2.35. The molecule has 0 saturated carbocycles. The number of fused-ring (bicyclic) bond motifs is 1. The molecule has 0 aromatic heterocycles. The van der Waals surface area contributed by atoms with E-state index in [0.29, 0.717) is 13.2 Å². The average Bonchev–Trinajstić information content (AvgIpc) is 2.43. The first-order valence-electron chi connectivity index (χ1n) is 7.57. The third kappa shape index (κ3) is 2.94. The summed E-state index contributed by atoms with van der Waals surface area (Å²) in [5.41, 5.74) is 8.29. The van der Waals surface area contributed by atoms with Crippen molar-refractivity contribution in [1.29, 1.82) is 0 Å². The number of anilines is 1. The molecule has 2 N–H and O–H groups in total. The van der Waals surface area contributed by atoms with Gasteiger partial charge in [0.1, 0.15) is 13.2 Å². The first-order valence-corrected chi connectivity index (χ1v) is 7.57. The molecule has 2 aliphatic rings. The lowest BCUT2D eigenvalue weighted by molar-refractivity contribution is 0.0360. The smallest absolute Gasteiger partial charge is 0.163 e. The number of piperazine rings is 1. The van der Waals surface area contributed by atoms with Crippen LogP contribution in [0.3, 0.4) is 0 Å². The monoisotopic (exact) mass is 291 g/mol. The van der Waals surface area contributed by atoms with E-state index in [4.69, 9.17) is 15.2 Å². The number of nitrogens with zero attached hydrogens (tertiary/aromatic N) is 2. The number of ether oxygens (including phenoxy) is 2. The van der Waals surface area contributed by atoms with Crippen LogP contribution in [0.25, 0.3) is 0 Å². The minimum atomic E-state index is 0.195. The van der Waals surface area contributed by atoms with E-state index in [2.05, 4.69) is 30.7 Å². The van der Waals surface area contributed by atoms with Crippen LogP contribution in [0.2, 0.25) is 0 Å². The molecule has 0 aliphatic carbocycles. The topological polar surface area (TPSA) is 51.0 Å². The van der Waals surface area contributed by atoms with Crippen molar-refractivity contribution >= 4 is 5.69 Å². The Morgan fingerprint density at radius 3 is 2.48 bits per heavy atom. The highest BCUT2D eigenvalue weighted by molar-refractivity contribution is 5.58. The zero-order chi connectivity index (χ0) is 15.0. The summed E-state index contributed by atoms with van der Waals surface area (Å²) >= 11 is 0. The molecular formula is C16H25N3O2. The van der Waals surface area contributed by atoms with Gasteiger partial charge < -0.3 is 15.2 Å². The van der Waals surface area contributed by atoms with Crippen LogP contribution in [0.5, 0.6) is 11.5 Å². The van der Waals surface area contributed by atoms with Crippen LogP contribution in [-0.2, 0) is 6.54 Å². The van der Waals surface area contributed by atoms with Gasteiger partial charge in [0.25, 0.3) is 0 Å². The van der Waals surface area contributed by atoms with Gasteiger partial charge in [-0.05, 0) is 32.5 Å². The first-order chi connectivity index (χ1) is 9.95. The SMILES string of the molecule is CN1CCN(Cc2cc3c(cc2N)OCCO3)CC1(C)C. The molecule has 2 heterocycles. The molecule has 0 unspecified atom stereocenters. The molecular weight excluding hydrogens is 266 g/mol. The van der Waals surface area contributed by atoms with E-state index in [1.165, 1.54) is 0 Å². The molecule has 21 heavy (non-hydrogen) atoms. The van der Waals surface area contributed by atoms with Crippen molar-refractivity contribution in [3.8, 4) is 11.5 Å². The van der Waals surface area contributed by atoms with Crippen LogP contribution in [-0.4, -0.2) is 55.2 Å². The summed E-state index contributed by atoms with van der Waals surface area (Å²) in [6.45, 7) is 9.82. The number of hydrogen-bond acceptors (Lipinski definition) is 5. The lowest BCUT2D eigenvalue weighted by atomic mass is 9.99. The molecule has 3 rings (SSSR count). The molecule has 0 bridgehead atoms. The Balaban J connectivity index is 1.76. The fourth-order valence-corrected chi connectivity index (χ4v) is 3.00. The van der Waals surface area contributed by atoms with E-state index in [0.717, 1.165) is 48.9 Å². The average molecular weight is 291 g/mol. The van der Waals surface area contributed by atoms with Gasteiger partial charge in [-0.15, -0.1) is 0 Å². The number of nitrogens with two attached hydrogens (primary N) is 1. The van der Waals surface area contributed by atoms with E-state index in [1.54, 1.807) is 0 Å². The molecule has 116 valence electrons. The molecule has 1 fully saturated rings. The minimum absolute atomic E-state index is 0.195. The zero-order valence-corrected chi connectivity index (χ0v) is 13.2. The van der Waals surface area contributed by atoms with Crippen molar-refractivity contribution in [2.45, 2.75) is 25.9 Å². The van der Waals surface area contributed by atoms with Gasteiger partial charge in [-0.25, -0.2) is 0 Å². The predicted molar refractivity (Wildman–Crippen MR) is 83.8 cm³/mol. The van der Waals surface area contributed by atoms with Gasteiger partial charge in [0.05, 0.1) is 0 Å². The van der Waals surface area contributed by atoms with Crippen LogP contribution in [0.15, 0.2) is 12.1 Å². The zero-order valence-electron chi connectivity index (χ0n) is 13.2. The molecule has 0 spiro atoms. The van der Waals surface area contributed by atoms with Crippen LogP contribution >= 0.6 is 0 Å². The molecule has 2 aliphatic heterocycles. The highest BCUT2D eigenvalue weighted by atomic mass is 16.6. The van der Waals surface area contributed by atoms with Crippen LogP contribution < -0.4 is 15.2 Å². The Kier molecular flexibility index (Phi) is 3.71. The third-order valence-corrected chi connectivity index (χ3v) is 4.59. The van der Waals surface area contributed by atoms with Crippen molar-refractivity contribution in [3.63, 3.8) is 0 Å². The van der Waals surface area contributed by atoms with Crippen LogP contribution in [0, 0.1) is 0 Å². The number of nitrogen functional groups attached to an aromatic ring is 1. The first kappa shape index (κ1) is 14.5. The summed E-state index contributed by atoms with van der Waals surface area (Å²) in [7, 11) is 2.19. The van der Waals surface area contributed by atoms with Crippen molar-refractivity contribution in [1.82, 2.24) is 9.80 Å². The second-order valence-electron chi connectivity index (χ2n) is 6.64. The molecule has 0 amide bonds. The van der Waals surface area contributed by atoms with Gasteiger partial charge in [-0.1, -0.05) is 0 Å². The largest absolute Gasteiger partial charge is 0.486 e. The van der Waals surface area contributed by atoms with E-state index >= 15 is 0 Å². The number of likely N-dealkylation sites (N-methyl/N-ethyl adjacent to an activating group) is 1. The standard InChI is InChI=1S/C16H25N3O2/c1-16(2)11-19(5-4-18(16)3)10-12-8-14-15(9-13(12)17)21-7-6-20-14/h8-9H,4-7,10-11,17H2,1-3H3. The Morgan fingerprint density at radius 2 is 1.81 bits per heavy atom. The second kappa shape index (κ2) is 5.39. The van der Waals surface area contributed by atoms with Crippen molar-refractivity contribution in [2.75, 3.05) is 45.6 Å². The lowest BCUT2D eigenvalue weighted by Gasteiger charge is -2.45.